The van der Waals surface area contributed by atoms with Gasteiger partial charge in [-0.1, -0.05) is 13.3 Å². The monoisotopic (exact) mass is 265 g/mol. The molecule has 0 aliphatic rings. The Hall–Kier alpha value is -1.20. The summed E-state index contributed by atoms with van der Waals surface area (Å²) >= 11 is 1.66. The number of thiophene rings is 1. The van der Waals surface area contributed by atoms with E-state index in [2.05, 4.69) is 22.2 Å². The second-order valence-corrected chi connectivity index (χ2v) is 5.32. The van der Waals surface area contributed by atoms with Crippen molar-refractivity contribution in [3.8, 4) is 0 Å². The molecule has 0 spiro atoms. The number of aliphatic hydroxyl groups excluding tert-OH is 1. The molecule has 98 valence electrons. The highest BCUT2D eigenvalue weighted by Gasteiger charge is 2.09. The van der Waals surface area contributed by atoms with Crippen LogP contribution in [0.2, 0.25) is 0 Å². The molecule has 0 aliphatic carbocycles. The summed E-state index contributed by atoms with van der Waals surface area (Å²) in [5, 5.41) is 14.5. The maximum Gasteiger partial charge on any atom is 0.147 e. The number of nitrogens with one attached hydrogen (secondary N) is 1. The predicted octanol–water partition coefficient (Wildman–Crippen LogP) is 2.90. The molecule has 0 amide bonds. The van der Waals surface area contributed by atoms with Crippen LogP contribution >= 0.6 is 11.3 Å². The lowest BCUT2D eigenvalue weighted by molar-refractivity contribution is 0.255. The minimum absolute atomic E-state index is 0.254. The van der Waals surface area contributed by atoms with Crippen LogP contribution in [0, 0.1) is 5.92 Å². The molecule has 5 heteroatoms. The van der Waals surface area contributed by atoms with Crippen LogP contribution in [0.1, 0.15) is 26.2 Å². The summed E-state index contributed by atoms with van der Waals surface area (Å²) in [6.45, 7) is 3.29. The Morgan fingerprint density at radius 1 is 1.39 bits per heavy atom. The SMILES string of the molecule is CCCC(CCO)CNc1ncnc2ccsc12. The van der Waals surface area contributed by atoms with Crippen LogP contribution in [-0.4, -0.2) is 28.2 Å². The summed E-state index contributed by atoms with van der Waals surface area (Å²) in [5.41, 5.74) is 0.992. The quantitative estimate of drug-likeness (QED) is 0.808. The van der Waals surface area contributed by atoms with Gasteiger partial charge >= 0.3 is 0 Å². The summed E-state index contributed by atoms with van der Waals surface area (Å²) in [6, 6.07) is 2.00. The van der Waals surface area contributed by atoms with E-state index in [0.717, 1.165) is 41.8 Å². The third-order valence-electron chi connectivity index (χ3n) is 3.04. The molecule has 0 aliphatic heterocycles. The number of hydrogen-bond acceptors (Lipinski definition) is 5. The molecule has 2 aromatic heterocycles. The second kappa shape index (κ2) is 6.66. The Kier molecular flexibility index (Phi) is 4.90. The molecule has 18 heavy (non-hydrogen) atoms. The van der Waals surface area contributed by atoms with E-state index < -0.39 is 0 Å². The Labute approximate surface area is 111 Å². The molecule has 0 bridgehead atoms. The van der Waals surface area contributed by atoms with E-state index in [-0.39, 0.29) is 6.61 Å². The molecule has 0 aromatic carbocycles. The topological polar surface area (TPSA) is 58.0 Å². The first kappa shape index (κ1) is 13.2. The van der Waals surface area contributed by atoms with Gasteiger partial charge in [0.15, 0.2) is 0 Å². The number of aromatic nitrogens is 2. The Morgan fingerprint density at radius 3 is 3.06 bits per heavy atom. The van der Waals surface area contributed by atoms with Crippen molar-refractivity contribution in [1.82, 2.24) is 9.97 Å². The van der Waals surface area contributed by atoms with Gasteiger partial charge in [0, 0.05) is 13.2 Å². The van der Waals surface area contributed by atoms with Crippen LogP contribution < -0.4 is 5.32 Å². The highest BCUT2D eigenvalue weighted by Crippen LogP contribution is 2.25. The number of rotatable bonds is 7. The molecule has 2 N–H and O–H groups in total. The lowest BCUT2D eigenvalue weighted by Crippen LogP contribution is -2.16. The van der Waals surface area contributed by atoms with Crippen molar-refractivity contribution >= 4 is 27.4 Å². The summed E-state index contributed by atoms with van der Waals surface area (Å²) in [5.74, 6) is 1.42. The third-order valence-corrected chi connectivity index (χ3v) is 3.95. The maximum atomic E-state index is 9.05. The molecule has 4 nitrogen and oxygen atoms in total. The molecule has 2 rings (SSSR count). The highest BCUT2D eigenvalue weighted by atomic mass is 32.1. The smallest absolute Gasteiger partial charge is 0.147 e. The van der Waals surface area contributed by atoms with E-state index in [1.165, 1.54) is 0 Å². The molecular weight excluding hydrogens is 246 g/mol. The van der Waals surface area contributed by atoms with Gasteiger partial charge in [0.2, 0.25) is 0 Å². The van der Waals surface area contributed by atoms with Crippen LogP contribution in [0.15, 0.2) is 17.8 Å². The molecule has 0 saturated heterocycles. The van der Waals surface area contributed by atoms with Crippen LogP contribution in [0.5, 0.6) is 0 Å². The number of nitrogens with zero attached hydrogens (tertiary/aromatic N) is 2. The summed E-state index contributed by atoms with van der Waals surface area (Å²) in [7, 11) is 0. The van der Waals surface area contributed by atoms with E-state index in [4.69, 9.17) is 5.11 Å². The summed E-state index contributed by atoms with van der Waals surface area (Å²) < 4.78 is 1.11. The lowest BCUT2D eigenvalue weighted by Gasteiger charge is -2.16. The van der Waals surface area contributed by atoms with E-state index >= 15 is 0 Å². The summed E-state index contributed by atoms with van der Waals surface area (Å²) in [6.07, 6.45) is 4.72. The fraction of sp³-hybridized carbons (Fsp3) is 0.538. The van der Waals surface area contributed by atoms with E-state index in [9.17, 15) is 0 Å². The van der Waals surface area contributed by atoms with Gasteiger partial charge < -0.3 is 10.4 Å². The first-order chi connectivity index (χ1) is 8.85. The lowest BCUT2D eigenvalue weighted by atomic mass is 10.0. The van der Waals surface area contributed by atoms with Crippen LogP contribution in [0.4, 0.5) is 5.82 Å². The van der Waals surface area contributed by atoms with Crippen molar-refractivity contribution in [2.75, 3.05) is 18.5 Å². The zero-order valence-corrected chi connectivity index (χ0v) is 11.4. The first-order valence-electron chi connectivity index (χ1n) is 6.38. The number of fused-ring (bicyclic) bond motifs is 1. The average Bonchev–Trinajstić information content (AvgIpc) is 2.85. The van der Waals surface area contributed by atoms with E-state index in [0.29, 0.717) is 5.92 Å². The normalized spacial score (nSPS) is 12.8. The van der Waals surface area contributed by atoms with Crippen molar-refractivity contribution in [3.05, 3.63) is 17.8 Å². The van der Waals surface area contributed by atoms with Crippen molar-refractivity contribution in [2.45, 2.75) is 26.2 Å². The molecule has 0 radical (unpaired) electrons. The van der Waals surface area contributed by atoms with Gasteiger partial charge in [-0.15, -0.1) is 11.3 Å². The molecular formula is C13H19N3OS. The van der Waals surface area contributed by atoms with Gasteiger partial charge in [0.25, 0.3) is 0 Å². The Balaban J connectivity index is 2.02. The van der Waals surface area contributed by atoms with Crippen LogP contribution in [-0.2, 0) is 0 Å². The minimum atomic E-state index is 0.254. The standard InChI is InChI=1S/C13H19N3OS/c1-2-3-10(4-6-17)8-14-13-12-11(5-7-18-12)15-9-16-13/h5,7,9-10,17H,2-4,6,8H2,1H3,(H,14,15,16). The molecule has 1 atom stereocenters. The Morgan fingerprint density at radius 2 is 2.28 bits per heavy atom. The average molecular weight is 265 g/mol. The van der Waals surface area contributed by atoms with Crippen molar-refractivity contribution in [2.24, 2.45) is 5.92 Å². The molecule has 2 aromatic rings. The number of anilines is 1. The summed E-state index contributed by atoms with van der Waals surface area (Å²) in [4.78, 5) is 8.52. The number of hydrogen-bond donors (Lipinski definition) is 2. The zero-order chi connectivity index (χ0) is 12.8. The zero-order valence-electron chi connectivity index (χ0n) is 10.6. The fourth-order valence-corrected chi connectivity index (χ4v) is 2.91. The largest absolute Gasteiger partial charge is 0.396 e. The first-order valence-corrected chi connectivity index (χ1v) is 7.26. The fourth-order valence-electron chi connectivity index (χ4n) is 2.10. The van der Waals surface area contributed by atoms with Crippen molar-refractivity contribution in [1.29, 1.82) is 0 Å². The van der Waals surface area contributed by atoms with E-state index in [1.807, 2.05) is 11.4 Å². The highest BCUT2D eigenvalue weighted by molar-refractivity contribution is 7.17. The van der Waals surface area contributed by atoms with Gasteiger partial charge in [0.05, 0.1) is 10.2 Å². The van der Waals surface area contributed by atoms with Gasteiger partial charge in [-0.2, -0.15) is 0 Å². The van der Waals surface area contributed by atoms with Gasteiger partial charge in [0.1, 0.15) is 12.1 Å². The van der Waals surface area contributed by atoms with Crippen LogP contribution in [0.25, 0.3) is 10.2 Å². The third kappa shape index (κ3) is 3.17. The Bertz CT molecular complexity index is 480. The van der Waals surface area contributed by atoms with Crippen molar-refractivity contribution in [3.63, 3.8) is 0 Å². The molecule has 0 fully saturated rings. The molecule has 0 saturated carbocycles. The maximum absolute atomic E-state index is 9.05. The number of aliphatic hydroxyl groups is 1. The predicted molar refractivity (Wildman–Crippen MR) is 76.0 cm³/mol. The van der Waals surface area contributed by atoms with Crippen LogP contribution in [0.3, 0.4) is 0 Å². The molecule has 1 unspecified atom stereocenters. The second-order valence-electron chi connectivity index (χ2n) is 4.41. The van der Waals surface area contributed by atoms with E-state index in [1.54, 1.807) is 17.7 Å². The van der Waals surface area contributed by atoms with Crippen molar-refractivity contribution < 1.29 is 5.11 Å². The van der Waals surface area contributed by atoms with Gasteiger partial charge in [-0.25, -0.2) is 9.97 Å². The molecule has 2 heterocycles. The van der Waals surface area contributed by atoms with Gasteiger partial charge in [-0.05, 0) is 30.2 Å². The minimum Gasteiger partial charge on any atom is -0.396 e. The van der Waals surface area contributed by atoms with Gasteiger partial charge in [-0.3, -0.25) is 0 Å².